The second-order valence-electron chi connectivity index (χ2n) is 2.24. The summed E-state index contributed by atoms with van der Waals surface area (Å²) < 4.78 is 121. The molecule has 0 aromatic carbocycles. The highest BCUT2D eigenvalue weighted by Crippen LogP contribution is 2.48. The highest BCUT2D eigenvalue weighted by Gasteiger charge is 2.74. The van der Waals surface area contributed by atoms with Crippen LogP contribution in [0, 0.1) is 0 Å². The number of halogens is 10. The molecule has 2 nitrogen and oxygen atoms in total. The van der Waals surface area contributed by atoms with Crippen LogP contribution < -0.4 is 0 Å². The lowest BCUT2D eigenvalue weighted by Crippen LogP contribution is -2.54. The minimum Gasteiger partial charge on any atom is -0.166 e. The topological polar surface area (TPSA) is 24.7 Å². The second-order valence-corrected chi connectivity index (χ2v) is 3.39. The Bertz CT molecular complexity index is 298. The normalized spacial score (nSPS) is 14.4. The van der Waals surface area contributed by atoms with Crippen molar-refractivity contribution >= 4 is 22.9 Å². The zero-order valence-corrected chi connectivity index (χ0v) is 8.62. The first-order chi connectivity index (χ1) is 7.33. The summed E-state index contributed by atoms with van der Waals surface area (Å²) in [5.41, 5.74) is -5.81. The van der Waals surface area contributed by atoms with Crippen LogP contribution in [0.4, 0.5) is 41.9 Å². The highest BCUT2D eigenvalue weighted by molar-refractivity contribution is 7.77. The van der Waals surface area contributed by atoms with E-state index in [0.29, 0.717) is 0 Å². The molecule has 0 aromatic rings. The fraction of sp³-hybridized carbons (Fsp3) is 1.00. The molecule has 0 aliphatic rings. The molecule has 0 atom stereocenters. The van der Waals surface area contributed by atoms with Gasteiger partial charge in [0.15, 0.2) is 0 Å². The van der Waals surface area contributed by atoms with Gasteiger partial charge in [0.05, 0.1) is 0 Å². The average Bonchev–Trinajstić information content (AvgIpc) is 1.96. The van der Waals surface area contributed by atoms with Crippen LogP contribution in [0.3, 0.4) is 0 Å². The van der Waals surface area contributed by atoms with E-state index < -0.39 is 40.9 Å². The van der Waals surface area contributed by atoms with E-state index in [1.165, 1.54) is 0 Å². The van der Waals surface area contributed by atoms with E-state index in [1.54, 1.807) is 0 Å². The fourth-order valence-electron chi connectivity index (χ4n) is 0.584. The van der Waals surface area contributed by atoms with Crippen molar-refractivity contribution in [1.29, 1.82) is 0 Å². The lowest BCUT2D eigenvalue weighted by Gasteiger charge is -2.28. The first-order valence-electron chi connectivity index (χ1n) is 3.06. The number of alkyl halides is 6. The van der Waals surface area contributed by atoms with Crippen molar-refractivity contribution in [2.24, 2.45) is 8.73 Å². The summed E-state index contributed by atoms with van der Waals surface area (Å²) in [7, 11) is 0. The predicted octanol–water partition coefficient (Wildman–Crippen LogP) is 3.95. The van der Waals surface area contributed by atoms with Crippen LogP contribution in [0.2, 0.25) is 0 Å². The van der Waals surface area contributed by atoms with Gasteiger partial charge in [0.2, 0.25) is 0 Å². The zero-order valence-electron chi connectivity index (χ0n) is 6.99. The first kappa shape index (κ1) is 16.6. The Balaban J connectivity index is 6.12. The molecule has 0 saturated heterocycles. The Morgan fingerprint density at radius 2 is 0.824 bits per heavy atom. The van der Waals surface area contributed by atoms with E-state index in [9.17, 15) is 41.9 Å². The standard InChI is InChI=1S/C3F10N2S2/c4-2(5,6)1(3(7,8)9,14-16(10)11)15-17(12)13. The van der Waals surface area contributed by atoms with Gasteiger partial charge in [-0.3, -0.25) is 0 Å². The predicted molar refractivity (Wildman–Crippen MR) is 38.9 cm³/mol. The molecule has 0 bridgehead atoms. The van der Waals surface area contributed by atoms with Gasteiger partial charge in [0, 0.05) is 0 Å². The van der Waals surface area contributed by atoms with E-state index in [4.69, 9.17) is 0 Å². The average molecular weight is 318 g/mol. The summed E-state index contributed by atoms with van der Waals surface area (Å²) in [5.74, 6) is 0. The van der Waals surface area contributed by atoms with Gasteiger partial charge >= 0.3 is 18.0 Å². The lowest BCUT2D eigenvalue weighted by molar-refractivity contribution is -0.291. The third-order valence-corrected chi connectivity index (χ3v) is 2.00. The van der Waals surface area contributed by atoms with Crippen LogP contribution in [-0.4, -0.2) is 18.0 Å². The number of rotatable bonds is 2. The number of nitrogens with zero attached hydrogens (tertiary/aromatic N) is 2. The molecule has 0 N–H and O–H groups in total. The van der Waals surface area contributed by atoms with E-state index in [-0.39, 0.29) is 0 Å². The van der Waals surface area contributed by atoms with Gasteiger partial charge in [-0.05, 0) is 0 Å². The Hall–Kier alpha value is -0.400. The minimum atomic E-state index is -6.54. The molecule has 0 radical (unpaired) electrons. The SMILES string of the molecule is FS(F)=NC(N=S(F)F)(C(F)(F)F)C(F)(F)F. The van der Waals surface area contributed by atoms with Gasteiger partial charge in [0.25, 0.3) is 22.9 Å². The quantitative estimate of drug-likeness (QED) is 0.689. The van der Waals surface area contributed by atoms with Crippen LogP contribution in [0.15, 0.2) is 8.73 Å². The van der Waals surface area contributed by atoms with Crippen molar-refractivity contribution in [2.45, 2.75) is 18.0 Å². The number of hydrogen-bond donors (Lipinski definition) is 0. The van der Waals surface area contributed by atoms with E-state index in [2.05, 4.69) is 0 Å². The molecule has 0 aliphatic carbocycles. The van der Waals surface area contributed by atoms with Crippen LogP contribution in [-0.2, 0) is 22.9 Å². The molecule has 14 heteroatoms. The van der Waals surface area contributed by atoms with Gasteiger partial charge in [-0.15, -0.1) is 15.5 Å². The van der Waals surface area contributed by atoms with Crippen molar-refractivity contribution in [1.82, 2.24) is 0 Å². The molecule has 0 saturated carbocycles. The summed E-state index contributed by atoms with van der Waals surface area (Å²) in [5, 5.41) is 0. The summed E-state index contributed by atoms with van der Waals surface area (Å²) >= 11 is -9.46. The van der Waals surface area contributed by atoms with E-state index >= 15 is 0 Å². The van der Waals surface area contributed by atoms with Crippen molar-refractivity contribution < 1.29 is 41.9 Å². The third-order valence-electron chi connectivity index (χ3n) is 1.19. The molecule has 0 heterocycles. The molecule has 0 aromatic heterocycles. The summed E-state index contributed by atoms with van der Waals surface area (Å²) in [6.07, 6.45) is -13.1. The maximum Gasteiger partial charge on any atom is 0.445 e. The highest BCUT2D eigenvalue weighted by atomic mass is 32.2. The largest absolute Gasteiger partial charge is 0.445 e. The summed E-state index contributed by atoms with van der Waals surface area (Å²) in [4.78, 5) is 0. The Morgan fingerprint density at radius 3 is 0.941 bits per heavy atom. The van der Waals surface area contributed by atoms with Crippen LogP contribution in [0.25, 0.3) is 0 Å². The van der Waals surface area contributed by atoms with Gasteiger partial charge in [-0.1, -0.05) is 0 Å². The Kier molecular flexibility index (Phi) is 4.95. The van der Waals surface area contributed by atoms with Crippen molar-refractivity contribution in [3.63, 3.8) is 0 Å². The zero-order chi connectivity index (χ0) is 14.1. The molecule has 0 amide bonds. The molecule has 0 fully saturated rings. The molecule has 0 aliphatic heterocycles. The first-order valence-corrected chi connectivity index (χ1v) is 5.03. The molecular weight excluding hydrogens is 318 g/mol. The molecule has 0 spiro atoms. The maximum atomic E-state index is 12.0. The van der Waals surface area contributed by atoms with Crippen molar-refractivity contribution in [3.05, 3.63) is 0 Å². The second kappa shape index (κ2) is 5.07. The lowest BCUT2D eigenvalue weighted by atomic mass is 10.2. The minimum absolute atomic E-state index is 0.996. The molecule has 0 rings (SSSR count). The fourth-order valence-corrected chi connectivity index (χ4v) is 1.53. The summed E-state index contributed by atoms with van der Waals surface area (Å²) in [6, 6.07) is 0. The molecular formula is C3F10N2S2. The monoisotopic (exact) mass is 318 g/mol. The van der Waals surface area contributed by atoms with Gasteiger partial charge in [-0.25, -0.2) is 0 Å². The third kappa shape index (κ3) is 3.79. The van der Waals surface area contributed by atoms with Crippen LogP contribution in [0.1, 0.15) is 0 Å². The number of hydrogen-bond acceptors (Lipinski definition) is 2. The summed E-state index contributed by atoms with van der Waals surface area (Å²) in [6.45, 7) is 0. The Labute approximate surface area is 92.4 Å². The van der Waals surface area contributed by atoms with Gasteiger partial charge in [0.1, 0.15) is 0 Å². The van der Waals surface area contributed by atoms with Gasteiger partial charge in [-0.2, -0.15) is 35.1 Å². The van der Waals surface area contributed by atoms with Gasteiger partial charge < -0.3 is 0 Å². The van der Waals surface area contributed by atoms with Crippen molar-refractivity contribution in [2.75, 3.05) is 0 Å². The van der Waals surface area contributed by atoms with E-state index in [0.717, 1.165) is 8.73 Å². The maximum absolute atomic E-state index is 12.0. The van der Waals surface area contributed by atoms with Crippen LogP contribution >= 0.6 is 0 Å². The Morgan fingerprint density at radius 1 is 0.588 bits per heavy atom. The van der Waals surface area contributed by atoms with Crippen molar-refractivity contribution in [3.8, 4) is 0 Å². The molecule has 17 heavy (non-hydrogen) atoms. The molecule has 104 valence electrons. The van der Waals surface area contributed by atoms with E-state index in [1.807, 2.05) is 0 Å². The molecule has 0 unspecified atom stereocenters. The smallest absolute Gasteiger partial charge is 0.166 e. The van der Waals surface area contributed by atoms with Crippen LogP contribution in [0.5, 0.6) is 0 Å².